The van der Waals surface area contributed by atoms with Crippen molar-refractivity contribution in [3.05, 3.63) is 11.3 Å². The Morgan fingerprint density at radius 2 is 2.12 bits per heavy atom. The quantitative estimate of drug-likeness (QED) is 0.589. The molecule has 1 aliphatic rings. The second kappa shape index (κ2) is 4.16. The summed E-state index contributed by atoms with van der Waals surface area (Å²) in [7, 11) is -1.42. The van der Waals surface area contributed by atoms with E-state index in [0.29, 0.717) is 6.42 Å². The number of carbonyl (C=O) groups is 1. The second-order valence-corrected chi connectivity index (χ2v) is 10.5. The molecular weight excluding hydrogens is 216 g/mol. The summed E-state index contributed by atoms with van der Waals surface area (Å²) in [6.45, 7) is 7.94. The fourth-order valence-corrected chi connectivity index (χ4v) is 4.03. The van der Waals surface area contributed by atoms with E-state index in [4.69, 9.17) is 5.10 Å². The van der Waals surface area contributed by atoms with Gasteiger partial charge in [-0.1, -0.05) is 19.6 Å². The van der Waals surface area contributed by atoms with Crippen LogP contribution in [0.25, 0.3) is 0 Å². The Hall–Kier alpha value is -0.903. The first-order valence-electron chi connectivity index (χ1n) is 6.06. The maximum atomic E-state index is 10.8. The van der Waals surface area contributed by atoms with Gasteiger partial charge in [-0.25, -0.2) is 0 Å². The van der Waals surface area contributed by atoms with Gasteiger partial charge in [0.2, 0.25) is 0 Å². The number of rotatable bonds is 3. The highest BCUT2D eigenvalue weighted by molar-refractivity contribution is 6.88. The molecule has 88 valence electrons. The van der Waals surface area contributed by atoms with Crippen LogP contribution in [0.2, 0.25) is 19.6 Å². The number of fused-ring (bicyclic) bond motifs is 1. The van der Waals surface area contributed by atoms with Crippen LogP contribution >= 0.6 is 0 Å². The largest absolute Gasteiger partial charge is 0.303 e. The van der Waals surface area contributed by atoms with Crippen LogP contribution in [0.3, 0.4) is 0 Å². The van der Waals surface area contributed by atoms with E-state index in [1.807, 2.05) is 0 Å². The third-order valence-corrected chi connectivity index (χ3v) is 5.02. The summed E-state index contributed by atoms with van der Waals surface area (Å²) in [6.07, 6.45) is 5.13. The fraction of sp³-hybridized carbons (Fsp3) is 0.667. The zero-order valence-electron chi connectivity index (χ0n) is 10.4. The van der Waals surface area contributed by atoms with E-state index < -0.39 is 8.07 Å². The van der Waals surface area contributed by atoms with Crippen molar-refractivity contribution in [2.24, 2.45) is 0 Å². The van der Waals surface area contributed by atoms with Crippen LogP contribution in [0.4, 0.5) is 0 Å². The predicted molar refractivity (Wildman–Crippen MR) is 67.9 cm³/mol. The van der Waals surface area contributed by atoms with Crippen LogP contribution in [0.1, 0.15) is 24.1 Å². The lowest BCUT2D eigenvalue weighted by Gasteiger charge is -2.15. The molecule has 0 amide bonds. The monoisotopic (exact) mass is 236 g/mol. The van der Waals surface area contributed by atoms with Gasteiger partial charge in [-0.2, -0.15) is 5.10 Å². The molecule has 0 spiro atoms. The summed E-state index contributed by atoms with van der Waals surface area (Å²) < 4.78 is 2.15. The van der Waals surface area contributed by atoms with Crippen LogP contribution in [0, 0.1) is 0 Å². The fourth-order valence-electron chi connectivity index (χ4n) is 2.45. The van der Waals surface area contributed by atoms with Gasteiger partial charge >= 0.3 is 0 Å². The molecule has 0 saturated carbocycles. The van der Waals surface area contributed by atoms with Crippen LogP contribution in [0.15, 0.2) is 0 Å². The lowest BCUT2D eigenvalue weighted by atomic mass is 10.1. The molecule has 0 aliphatic carbocycles. The molecule has 0 N–H and O–H groups in total. The number of hydrogen-bond donors (Lipinski definition) is 0. The molecule has 0 unspecified atom stereocenters. The van der Waals surface area contributed by atoms with Crippen molar-refractivity contribution in [1.29, 1.82) is 0 Å². The van der Waals surface area contributed by atoms with Crippen molar-refractivity contribution in [2.45, 2.75) is 51.9 Å². The molecule has 0 bridgehead atoms. The van der Waals surface area contributed by atoms with Crippen LogP contribution in [0.5, 0.6) is 0 Å². The minimum Gasteiger partial charge on any atom is -0.303 e. The van der Waals surface area contributed by atoms with E-state index in [9.17, 15) is 4.79 Å². The summed E-state index contributed by atoms with van der Waals surface area (Å²) in [5.41, 5.74) is 2.57. The molecule has 0 fully saturated rings. The highest BCUT2D eigenvalue weighted by atomic mass is 28.3. The van der Waals surface area contributed by atoms with Crippen LogP contribution in [-0.2, 0) is 24.2 Å². The van der Waals surface area contributed by atoms with Crippen molar-refractivity contribution >= 4 is 19.7 Å². The number of aryl methyl sites for hydroxylation is 1. The Bertz CT molecular complexity index is 404. The molecule has 16 heavy (non-hydrogen) atoms. The van der Waals surface area contributed by atoms with Crippen molar-refractivity contribution in [2.75, 3.05) is 0 Å². The number of aldehydes is 1. The lowest BCUT2D eigenvalue weighted by molar-refractivity contribution is -0.107. The predicted octanol–water partition coefficient (Wildman–Crippen LogP) is 1.51. The molecule has 2 rings (SSSR count). The van der Waals surface area contributed by atoms with E-state index in [2.05, 4.69) is 24.3 Å². The zero-order chi connectivity index (χ0) is 11.8. The Kier molecular flexibility index (Phi) is 3.01. The van der Waals surface area contributed by atoms with E-state index in [0.717, 1.165) is 19.3 Å². The maximum absolute atomic E-state index is 10.8. The first kappa shape index (κ1) is 11.6. The van der Waals surface area contributed by atoms with Crippen molar-refractivity contribution < 1.29 is 4.79 Å². The van der Waals surface area contributed by atoms with Gasteiger partial charge in [0.05, 0.1) is 0 Å². The SMILES string of the molecule is C[Si](C)(C)c1nn2c(c1CC=O)CCCC2. The lowest BCUT2D eigenvalue weighted by Crippen LogP contribution is -2.41. The standard InChI is InChI=1S/C12H20N2OSi/c1-16(2,3)12-10(7-9-15)11-6-4-5-8-14(11)13-12/h9H,4-8H2,1-3H3. The Morgan fingerprint density at radius 3 is 2.75 bits per heavy atom. The molecule has 0 atom stereocenters. The number of hydrogen-bond acceptors (Lipinski definition) is 2. The molecule has 0 radical (unpaired) electrons. The van der Waals surface area contributed by atoms with Gasteiger partial charge in [0.1, 0.15) is 14.4 Å². The van der Waals surface area contributed by atoms with Crippen LogP contribution < -0.4 is 5.32 Å². The summed E-state index contributed by atoms with van der Waals surface area (Å²) in [5.74, 6) is 0. The molecule has 1 aliphatic heterocycles. The Balaban J connectivity index is 2.51. The topological polar surface area (TPSA) is 34.9 Å². The minimum atomic E-state index is -1.42. The third kappa shape index (κ3) is 1.98. The first-order chi connectivity index (χ1) is 7.54. The van der Waals surface area contributed by atoms with E-state index in [1.54, 1.807) is 0 Å². The van der Waals surface area contributed by atoms with Crippen molar-refractivity contribution in [1.82, 2.24) is 9.78 Å². The molecule has 2 heterocycles. The average Bonchev–Trinajstić information content (AvgIpc) is 2.58. The molecule has 3 nitrogen and oxygen atoms in total. The summed E-state index contributed by atoms with van der Waals surface area (Å²) in [5, 5.41) is 6.01. The normalized spacial score (nSPS) is 15.9. The van der Waals surface area contributed by atoms with Crippen molar-refractivity contribution in [3.8, 4) is 0 Å². The smallest absolute Gasteiger partial charge is 0.124 e. The molecule has 1 aromatic rings. The maximum Gasteiger partial charge on any atom is 0.124 e. The second-order valence-electron chi connectivity index (χ2n) is 5.57. The Labute approximate surface area is 97.9 Å². The van der Waals surface area contributed by atoms with Crippen molar-refractivity contribution in [3.63, 3.8) is 0 Å². The summed E-state index contributed by atoms with van der Waals surface area (Å²) in [6, 6.07) is 0. The summed E-state index contributed by atoms with van der Waals surface area (Å²) >= 11 is 0. The molecule has 0 saturated heterocycles. The van der Waals surface area contributed by atoms with E-state index in [-0.39, 0.29) is 0 Å². The first-order valence-corrected chi connectivity index (χ1v) is 9.56. The van der Waals surface area contributed by atoms with Gasteiger partial charge in [0.15, 0.2) is 0 Å². The minimum absolute atomic E-state index is 0.551. The van der Waals surface area contributed by atoms with Gasteiger partial charge in [-0.15, -0.1) is 0 Å². The van der Waals surface area contributed by atoms with Gasteiger partial charge in [0.25, 0.3) is 0 Å². The molecule has 1 aromatic heterocycles. The van der Waals surface area contributed by atoms with Gasteiger partial charge in [0, 0.05) is 24.0 Å². The van der Waals surface area contributed by atoms with Gasteiger partial charge < -0.3 is 4.79 Å². The van der Waals surface area contributed by atoms with E-state index in [1.165, 1.54) is 29.4 Å². The molecular formula is C12H20N2OSi. The van der Waals surface area contributed by atoms with E-state index >= 15 is 0 Å². The number of carbonyl (C=O) groups excluding carboxylic acids is 1. The average molecular weight is 236 g/mol. The van der Waals surface area contributed by atoms with Crippen LogP contribution in [-0.4, -0.2) is 24.1 Å². The Morgan fingerprint density at radius 1 is 1.38 bits per heavy atom. The highest BCUT2D eigenvalue weighted by Crippen LogP contribution is 2.19. The highest BCUT2D eigenvalue weighted by Gasteiger charge is 2.28. The summed E-state index contributed by atoms with van der Waals surface area (Å²) in [4.78, 5) is 10.8. The number of aromatic nitrogens is 2. The van der Waals surface area contributed by atoms with Gasteiger partial charge in [-0.05, 0) is 24.8 Å². The third-order valence-electron chi connectivity index (χ3n) is 3.20. The zero-order valence-corrected chi connectivity index (χ0v) is 11.4. The number of nitrogens with zero attached hydrogens (tertiary/aromatic N) is 2. The molecule has 4 heteroatoms. The van der Waals surface area contributed by atoms with Gasteiger partial charge in [-0.3, -0.25) is 4.68 Å². The molecule has 0 aromatic carbocycles.